The summed E-state index contributed by atoms with van der Waals surface area (Å²) in [6.45, 7) is 7.75. The van der Waals surface area contributed by atoms with E-state index < -0.39 is 13.9 Å². The van der Waals surface area contributed by atoms with Crippen molar-refractivity contribution in [3.63, 3.8) is 0 Å². The van der Waals surface area contributed by atoms with Crippen LogP contribution in [0, 0.1) is 11.3 Å². The molecule has 0 bridgehead atoms. The Balaban J connectivity index is 3.19. The van der Waals surface area contributed by atoms with Crippen molar-refractivity contribution in [1.29, 1.82) is 5.26 Å². The van der Waals surface area contributed by atoms with E-state index in [0.717, 1.165) is 5.56 Å². The maximum Gasteiger partial charge on any atom is 0.203 e. The van der Waals surface area contributed by atoms with Crippen molar-refractivity contribution >= 4 is 19.9 Å². The molecule has 1 aromatic carbocycles. The first kappa shape index (κ1) is 15.0. The predicted molar refractivity (Wildman–Crippen MR) is 77.8 cm³/mol. The van der Waals surface area contributed by atoms with Gasteiger partial charge in [0.2, 0.25) is 8.32 Å². The van der Waals surface area contributed by atoms with Gasteiger partial charge in [-0.05, 0) is 18.7 Å². The second kappa shape index (κ2) is 6.19. The van der Waals surface area contributed by atoms with Gasteiger partial charge in [0.25, 0.3) is 0 Å². The van der Waals surface area contributed by atoms with Crippen molar-refractivity contribution in [3.05, 3.63) is 48.6 Å². The van der Waals surface area contributed by atoms with Gasteiger partial charge >= 0.3 is 0 Å². The standard InChI is InChI=1S/C14H18ClNOSi/c1-4-10-14(11-16,17-18(2,3)12-15)13-8-6-5-7-9-13/h4-9H,1,10,12H2,2-3H3. The van der Waals surface area contributed by atoms with Gasteiger partial charge in [0, 0.05) is 11.9 Å². The number of benzene rings is 1. The molecule has 0 spiro atoms. The molecular weight excluding hydrogens is 262 g/mol. The Hall–Kier alpha value is -1.08. The third-order valence-electron chi connectivity index (χ3n) is 2.62. The van der Waals surface area contributed by atoms with Gasteiger partial charge in [0.15, 0.2) is 5.60 Å². The maximum atomic E-state index is 9.58. The zero-order chi connectivity index (χ0) is 13.6. The van der Waals surface area contributed by atoms with Crippen molar-refractivity contribution in [3.8, 4) is 6.07 Å². The van der Waals surface area contributed by atoms with Crippen LogP contribution in [0.25, 0.3) is 0 Å². The lowest BCUT2D eigenvalue weighted by Crippen LogP contribution is -2.43. The summed E-state index contributed by atoms with van der Waals surface area (Å²) < 4.78 is 6.12. The average Bonchev–Trinajstić information content (AvgIpc) is 2.39. The number of nitriles is 1. The SMILES string of the molecule is C=CCC(C#N)(O[Si](C)(C)CCl)c1ccccc1. The van der Waals surface area contributed by atoms with E-state index in [0.29, 0.717) is 11.9 Å². The second-order valence-corrected chi connectivity index (χ2v) is 9.59. The van der Waals surface area contributed by atoms with Crippen LogP contribution in [-0.4, -0.2) is 13.8 Å². The van der Waals surface area contributed by atoms with Crippen molar-refractivity contribution < 1.29 is 4.43 Å². The molecule has 1 rings (SSSR count). The second-order valence-electron chi connectivity index (χ2n) is 4.79. The van der Waals surface area contributed by atoms with Crippen LogP contribution in [0.15, 0.2) is 43.0 Å². The van der Waals surface area contributed by atoms with Gasteiger partial charge < -0.3 is 4.43 Å². The van der Waals surface area contributed by atoms with Gasteiger partial charge in [0.1, 0.15) is 6.07 Å². The Morgan fingerprint density at radius 1 is 1.44 bits per heavy atom. The fourth-order valence-electron chi connectivity index (χ4n) is 1.76. The monoisotopic (exact) mass is 279 g/mol. The number of nitrogens with zero attached hydrogens (tertiary/aromatic N) is 1. The zero-order valence-electron chi connectivity index (χ0n) is 10.8. The minimum atomic E-state index is -2.06. The highest BCUT2D eigenvalue weighted by Gasteiger charge is 2.38. The van der Waals surface area contributed by atoms with Crippen LogP contribution >= 0.6 is 11.6 Å². The quantitative estimate of drug-likeness (QED) is 0.448. The molecule has 0 aliphatic carbocycles. The van der Waals surface area contributed by atoms with Gasteiger partial charge in [-0.15, -0.1) is 18.2 Å². The molecule has 18 heavy (non-hydrogen) atoms. The Labute approximate surface area is 115 Å². The lowest BCUT2D eigenvalue weighted by molar-refractivity contribution is 0.122. The van der Waals surface area contributed by atoms with E-state index in [-0.39, 0.29) is 0 Å². The molecule has 1 aromatic rings. The Morgan fingerprint density at radius 3 is 2.50 bits per heavy atom. The Bertz CT molecular complexity index is 441. The van der Waals surface area contributed by atoms with E-state index in [2.05, 4.69) is 12.6 Å². The summed E-state index contributed by atoms with van der Waals surface area (Å²) in [5.41, 5.74) is 0.353. The molecule has 1 atom stereocenters. The Kier molecular flexibility index (Phi) is 5.15. The van der Waals surface area contributed by atoms with Gasteiger partial charge in [-0.2, -0.15) is 5.26 Å². The number of halogens is 1. The molecule has 1 unspecified atom stereocenters. The molecule has 4 heteroatoms. The summed E-state index contributed by atoms with van der Waals surface area (Å²) in [6.07, 6.45) is 2.18. The van der Waals surface area contributed by atoms with E-state index >= 15 is 0 Å². The molecule has 96 valence electrons. The van der Waals surface area contributed by atoms with Crippen LogP contribution in [0.2, 0.25) is 13.1 Å². The molecule has 0 N–H and O–H groups in total. The number of hydrogen-bond donors (Lipinski definition) is 0. The molecular formula is C14H18ClNOSi. The third kappa shape index (κ3) is 3.46. The van der Waals surface area contributed by atoms with Crippen molar-refractivity contribution in [2.75, 3.05) is 5.50 Å². The van der Waals surface area contributed by atoms with Crippen LogP contribution < -0.4 is 0 Å². The minimum Gasteiger partial charge on any atom is -0.395 e. The summed E-state index contributed by atoms with van der Waals surface area (Å²) in [5, 5.41) is 9.58. The molecule has 0 saturated heterocycles. The summed E-state index contributed by atoms with van der Waals surface area (Å²) >= 11 is 5.95. The molecule has 2 nitrogen and oxygen atoms in total. The van der Waals surface area contributed by atoms with Gasteiger partial charge in [-0.25, -0.2) is 0 Å². The predicted octanol–water partition coefficient (Wildman–Crippen LogP) is 3.98. The molecule has 0 aliphatic rings. The summed E-state index contributed by atoms with van der Waals surface area (Å²) in [6, 6.07) is 11.9. The van der Waals surface area contributed by atoms with E-state index in [1.54, 1.807) is 6.08 Å². The summed E-state index contributed by atoms with van der Waals surface area (Å²) in [7, 11) is -2.06. The first-order valence-electron chi connectivity index (χ1n) is 5.83. The van der Waals surface area contributed by atoms with Gasteiger partial charge in [-0.3, -0.25) is 0 Å². The highest BCUT2D eigenvalue weighted by molar-refractivity contribution is 6.77. The lowest BCUT2D eigenvalue weighted by atomic mass is 9.92. The molecule has 0 aromatic heterocycles. The van der Waals surface area contributed by atoms with E-state index in [4.69, 9.17) is 16.0 Å². The molecule has 0 radical (unpaired) electrons. The largest absolute Gasteiger partial charge is 0.395 e. The van der Waals surface area contributed by atoms with Crippen molar-refractivity contribution in [1.82, 2.24) is 0 Å². The fourth-order valence-corrected chi connectivity index (χ4v) is 3.17. The molecule has 0 fully saturated rings. The minimum absolute atomic E-state index is 0.459. The topological polar surface area (TPSA) is 33.0 Å². The van der Waals surface area contributed by atoms with Gasteiger partial charge in [-0.1, -0.05) is 36.4 Å². The Morgan fingerprint density at radius 2 is 2.06 bits per heavy atom. The van der Waals surface area contributed by atoms with E-state index in [1.807, 2.05) is 43.4 Å². The van der Waals surface area contributed by atoms with E-state index in [9.17, 15) is 5.26 Å². The average molecular weight is 280 g/mol. The van der Waals surface area contributed by atoms with Crippen LogP contribution in [0.3, 0.4) is 0 Å². The smallest absolute Gasteiger partial charge is 0.203 e. The third-order valence-corrected chi connectivity index (χ3v) is 6.10. The van der Waals surface area contributed by atoms with Crippen LogP contribution in [0.1, 0.15) is 12.0 Å². The molecule has 0 amide bonds. The summed E-state index contributed by atoms with van der Waals surface area (Å²) in [4.78, 5) is 0. The first-order valence-corrected chi connectivity index (χ1v) is 9.48. The fraction of sp³-hybridized carbons (Fsp3) is 0.357. The number of rotatable bonds is 6. The van der Waals surface area contributed by atoms with Crippen LogP contribution in [0.4, 0.5) is 0 Å². The first-order chi connectivity index (χ1) is 8.49. The molecule has 0 saturated carbocycles. The normalized spacial score (nSPS) is 14.6. The summed E-state index contributed by atoms with van der Waals surface area (Å²) in [5.74, 6) is 0. The molecule has 0 heterocycles. The zero-order valence-corrected chi connectivity index (χ0v) is 12.6. The lowest BCUT2D eigenvalue weighted by Gasteiger charge is -2.34. The molecule has 0 aliphatic heterocycles. The van der Waals surface area contributed by atoms with Crippen LogP contribution in [-0.2, 0) is 10.0 Å². The van der Waals surface area contributed by atoms with E-state index in [1.165, 1.54) is 0 Å². The van der Waals surface area contributed by atoms with Crippen molar-refractivity contribution in [2.24, 2.45) is 0 Å². The number of alkyl halides is 1. The maximum absolute atomic E-state index is 9.58. The number of hydrogen-bond acceptors (Lipinski definition) is 2. The van der Waals surface area contributed by atoms with Gasteiger partial charge in [0.05, 0.1) is 0 Å². The van der Waals surface area contributed by atoms with Crippen LogP contribution in [0.5, 0.6) is 0 Å². The highest BCUT2D eigenvalue weighted by atomic mass is 35.5. The highest BCUT2D eigenvalue weighted by Crippen LogP contribution is 2.33. The van der Waals surface area contributed by atoms with Crippen molar-refractivity contribution in [2.45, 2.75) is 25.1 Å².